The van der Waals surface area contributed by atoms with Crippen molar-refractivity contribution in [3.05, 3.63) is 0 Å². The van der Waals surface area contributed by atoms with Gasteiger partial charge in [-0.15, -0.1) is 0 Å². The molecule has 100 heavy (non-hydrogen) atoms. The fourth-order valence-corrected chi connectivity index (χ4v) is 13.9. The molecule has 1 aliphatic rings. The molecule has 0 aromatic heterocycles. The smallest absolute Gasteiger partial charge is 0.462 e. The molecule has 0 saturated carbocycles. The van der Waals surface area contributed by atoms with Crippen LogP contribution >= 0.6 is 7.82 Å². The lowest BCUT2D eigenvalue weighted by molar-refractivity contribution is -0.270. The Morgan fingerprint density at radius 3 is 1.01 bits per heavy atom. The molecule has 1 fully saturated rings. The number of aliphatic hydroxyl groups excluding tert-OH is 1. The highest BCUT2D eigenvalue weighted by Gasteiger charge is 2.52. The summed E-state index contributed by atoms with van der Waals surface area (Å²) in [5.74, 6) is -3.20. The van der Waals surface area contributed by atoms with Gasteiger partial charge in [0.05, 0.1) is 32.5 Å². The van der Waals surface area contributed by atoms with Gasteiger partial charge in [-0.2, -0.15) is 0 Å². The number of phosphoric ester groups is 1. The number of carbonyl (C=O) groups excluding carboxylic acids is 6. The van der Waals surface area contributed by atoms with Gasteiger partial charge in [-0.05, 0) is 57.8 Å². The van der Waals surface area contributed by atoms with E-state index in [2.05, 4.69) is 52.2 Å². The quantitative estimate of drug-likeness (QED) is 0.0164. The van der Waals surface area contributed by atoms with Crippen molar-refractivity contribution in [3.63, 3.8) is 0 Å². The predicted molar refractivity (Wildman–Crippen MR) is 400 cm³/mol. The molecule has 20 heteroatoms. The maximum atomic E-state index is 14.7. The number of hydrogen-bond donors (Lipinski definition) is 5. The summed E-state index contributed by atoms with van der Waals surface area (Å²) in [4.78, 5) is 104. The van der Waals surface area contributed by atoms with Crippen molar-refractivity contribution in [1.82, 2.24) is 10.6 Å². The van der Waals surface area contributed by atoms with Crippen molar-refractivity contribution in [2.45, 2.75) is 456 Å². The second kappa shape index (κ2) is 66.5. The standard InChI is InChI=1S/C80H151N2O17P/c1-7-13-19-25-31-34-40-43-49-55-67(94-73(86)58-52-46-37-28-22-16-10-4)63-71(84)81-61-62-93-80-77(82-72(85)64-68(56-50-44-41-35-32-26-20-14-8-2)95-74(87)59-53-47-38-29-23-17-11-5)79(78(70(66-83)97-80)99-100(90,91)92)98-76(89)65-69(57-51-45-42-36-33-27-21-15-9-3)96-75(88)60-54-48-39-30-24-18-12-6/h67-70,77-80,83H,7-66H2,1-6H3,(H,81,84)(H,82,85)(H2,90,91,92)/t67-,68-,69-,70?,77?,78-,79?,80-/m1/s1. The number of ether oxygens (including phenoxy) is 6. The lowest BCUT2D eigenvalue weighted by atomic mass is 9.96. The Labute approximate surface area is 608 Å². The molecule has 1 aliphatic heterocycles. The van der Waals surface area contributed by atoms with E-state index in [-0.39, 0.29) is 51.2 Å². The predicted octanol–water partition coefficient (Wildman–Crippen LogP) is 19.8. The van der Waals surface area contributed by atoms with Gasteiger partial charge in [0, 0.05) is 25.8 Å². The van der Waals surface area contributed by atoms with Crippen LogP contribution in [0, 0.1) is 0 Å². The van der Waals surface area contributed by atoms with Crippen LogP contribution in [0.15, 0.2) is 0 Å². The van der Waals surface area contributed by atoms with Crippen molar-refractivity contribution in [2.24, 2.45) is 0 Å². The molecular formula is C80H151N2O17P. The van der Waals surface area contributed by atoms with Gasteiger partial charge in [0.25, 0.3) is 0 Å². The summed E-state index contributed by atoms with van der Waals surface area (Å²) in [6, 6.07) is -1.57. The molecule has 0 bridgehead atoms. The summed E-state index contributed by atoms with van der Waals surface area (Å²) in [6.45, 7) is 11.8. The molecular weight excluding hydrogens is 1290 g/mol. The lowest BCUT2D eigenvalue weighted by Crippen LogP contribution is -2.66. The van der Waals surface area contributed by atoms with E-state index < -0.39 is 99.5 Å². The highest BCUT2D eigenvalue weighted by molar-refractivity contribution is 7.46. The molecule has 8 atom stereocenters. The van der Waals surface area contributed by atoms with Crippen molar-refractivity contribution in [1.29, 1.82) is 0 Å². The largest absolute Gasteiger partial charge is 0.470 e. The van der Waals surface area contributed by atoms with Gasteiger partial charge in [-0.3, -0.25) is 33.3 Å². The Kier molecular flexibility index (Phi) is 63.0. The molecule has 0 aromatic carbocycles. The normalized spacial score (nSPS) is 17.1. The minimum Gasteiger partial charge on any atom is -0.462 e. The molecule has 0 aliphatic carbocycles. The molecule has 0 spiro atoms. The average Bonchev–Trinajstić information content (AvgIpc) is 0.782. The number of phosphoric acid groups is 1. The van der Waals surface area contributed by atoms with Gasteiger partial charge in [-0.25, -0.2) is 4.57 Å². The fourth-order valence-electron chi connectivity index (χ4n) is 13.3. The maximum Gasteiger partial charge on any atom is 0.470 e. The second-order valence-electron chi connectivity index (χ2n) is 29.0. The molecule has 1 saturated heterocycles. The SMILES string of the molecule is CCCCCCCCCCC[C@H](CC(=O)NCCO[C@@H]1OC(CO)[C@@H](OP(=O)(O)O)C(OC(=O)C[C@@H](CCCCCCCCCCC)OC(=O)CCCCCCCCC)C1NC(=O)C[C@@H](CCCCCCCCCCC)OC(=O)CCCCCCCCC)OC(=O)CCCCCCCCC. The van der Waals surface area contributed by atoms with Crippen molar-refractivity contribution < 1.29 is 81.2 Å². The zero-order valence-electron chi connectivity index (χ0n) is 64.5. The summed E-state index contributed by atoms with van der Waals surface area (Å²) in [7, 11) is -5.46. The molecule has 19 nitrogen and oxygen atoms in total. The third kappa shape index (κ3) is 55.3. The van der Waals surface area contributed by atoms with E-state index in [0.29, 0.717) is 44.9 Å². The molecule has 3 unspecified atom stereocenters. The van der Waals surface area contributed by atoms with Crippen LogP contribution in [-0.4, -0.2) is 119 Å². The lowest BCUT2D eigenvalue weighted by Gasteiger charge is -2.45. The number of rotatable bonds is 72. The van der Waals surface area contributed by atoms with Crippen molar-refractivity contribution in [2.75, 3.05) is 19.8 Å². The summed E-state index contributed by atoms with van der Waals surface area (Å²) in [5.41, 5.74) is 0. The van der Waals surface area contributed by atoms with Crippen LogP contribution in [-0.2, 0) is 66.3 Å². The van der Waals surface area contributed by atoms with Crippen LogP contribution in [0.4, 0.5) is 0 Å². The summed E-state index contributed by atoms with van der Waals surface area (Å²) < 4.78 is 55.2. The van der Waals surface area contributed by atoms with Gasteiger partial charge in [0.15, 0.2) is 12.4 Å². The highest BCUT2D eigenvalue weighted by Crippen LogP contribution is 2.42. The fraction of sp³-hybridized carbons (Fsp3) is 0.925. The van der Waals surface area contributed by atoms with Crippen LogP contribution in [0.3, 0.4) is 0 Å². The number of aliphatic hydroxyl groups is 1. The van der Waals surface area contributed by atoms with Gasteiger partial charge in [0.2, 0.25) is 11.8 Å². The van der Waals surface area contributed by atoms with Gasteiger partial charge < -0.3 is 53.9 Å². The van der Waals surface area contributed by atoms with Crippen LogP contribution in [0.2, 0.25) is 0 Å². The Morgan fingerprint density at radius 1 is 0.390 bits per heavy atom. The highest BCUT2D eigenvalue weighted by atomic mass is 31.2. The molecule has 588 valence electrons. The maximum absolute atomic E-state index is 14.7. The van der Waals surface area contributed by atoms with Crippen LogP contribution in [0.1, 0.15) is 408 Å². The third-order valence-corrected chi connectivity index (χ3v) is 19.9. The average molecular weight is 1440 g/mol. The van der Waals surface area contributed by atoms with E-state index >= 15 is 0 Å². The number of nitrogens with one attached hydrogen (secondary N) is 2. The van der Waals surface area contributed by atoms with Crippen molar-refractivity contribution >= 4 is 43.5 Å². The van der Waals surface area contributed by atoms with E-state index in [1.54, 1.807) is 0 Å². The van der Waals surface area contributed by atoms with E-state index in [4.69, 9.17) is 32.9 Å². The topological polar surface area (TPSA) is 269 Å². The first-order valence-electron chi connectivity index (χ1n) is 41.5. The van der Waals surface area contributed by atoms with E-state index in [0.717, 1.165) is 180 Å². The van der Waals surface area contributed by atoms with E-state index in [1.165, 1.54) is 103 Å². The third-order valence-electron chi connectivity index (χ3n) is 19.3. The summed E-state index contributed by atoms with van der Waals surface area (Å²) in [6.07, 6.45) is 42.2. The van der Waals surface area contributed by atoms with E-state index in [1.807, 2.05) is 0 Å². The summed E-state index contributed by atoms with van der Waals surface area (Å²) in [5, 5.41) is 16.6. The molecule has 0 radical (unpaired) electrons. The number of carbonyl (C=O) groups is 6. The summed E-state index contributed by atoms with van der Waals surface area (Å²) >= 11 is 0. The first-order valence-corrected chi connectivity index (χ1v) is 43.0. The molecule has 1 rings (SSSR count). The van der Waals surface area contributed by atoms with E-state index in [9.17, 15) is 48.2 Å². The van der Waals surface area contributed by atoms with Gasteiger partial charge in [-0.1, -0.05) is 311 Å². The number of hydrogen-bond acceptors (Lipinski definition) is 15. The molecule has 0 aromatic rings. The van der Waals surface area contributed by atoms with Gasteiger partial charge >= 0.3 is 31.7 Å². The zero-order chi connectivity index (χ0) is 73.4. The molecule has 5 N–H and O–H groups in total. The second-order valence-corrected chi connectivity index (χ2v) is 30.2. The minimum absolute atomic E-state index is 0.0806. The monoisotopic (exact) mass is 1440 g/mol. The van der Waals surface area contributed by atoms with Crippen LogP contribution in [0.25, 0.3) is 0 Å². The first-order chi connectivity index (χ1) is 48.5. The number of amides is 2. The first kappa shape index (κ1) is 94.8. The Hall–Kier alpha value is -3.19. The van der Waals surface area contributed by atoms with Crippen LogP contribution in [0.5, 0.6) is 0 Å². The Morgan fingerprint density at radius 2 is 0.690 bits per heavy atom. The zero-order valence-corrected chi connectivity index (χ0v) is 65.4. The minimum atomic E-state index is -5.46. The van der Waals surface area contributed by atoms with Gasteiger partial charge in [0.1, 0.15) is 36.6 Å². The number of esters is 4. The Bertz CT molecular complexity index is 2030. The molecule has 1 heterocycles. The number of unbranched alkanes of at least 4 members (excludes halogenated alkanes) is 42. The molecule has 2 amide bonds. The Balaban J connectivity index is 3.70. The van der Waals surface area contributed by atoms with Crippen LogP contribution < -0.4 is 10.6 Å². The van der Waals surface area contributed by atoms with Crippen molar-refractivity contribution in [3.8, 4) is 0 Å².